The van der Waals surface area contributed by atoms with Crippen molar-refractivity contribution in [2.75, 3.05) is 18.0 Å². The first kappa shape index (κ1) is 14.0. The Morgan fingerprint density at radius 3 is 2.67 bits per heavy atom. The molecule has 1 aliphatic rings. The van der Waals surface area contributed by atoms with Crippen LogP contribution in [0.4, 0.5) is 10.5 Å². The molecule has 2 amide bonds. The second kappa shape index (κ2) is 5.79. The molecule has 0 spiro atoms. The van der Waals surface area contributed by atoms with E-state index in [2.05, 4.69) is 17.7 Å². The summed E-state index contributed by atoms with van der Waals surface area (Å²) in [6, 6.07) is 16.2. The highest BCUT2D eigenvalue weighted by Gasteiger charge is 2.40. The summed E-state index contributed by atoms with van der Waals surface area (Å²) in [6.07, 6.45) is 0. The highest BCUT2D eigenvalue weighted by Crippen LogP contribution is 2.34. The summed E-state index contributed by atoms with van der Waals surface area (Å²) in [5.74, 6) is 0. The molecule has 108 valence electrons. The Hall–Kier alpha value is -1.98. The number of nitrogens with one attached hydrogen (secondary N) is 1. The summed E-state index contributed by atoms with van der Waals surface area (Å²) in [6.45, 7) is 3.03. The maximum Gasteiger partial charge on any atom is 0.364 e. The normalized spacial score (nSPS) is 17.3. The van der Waals surface area contributed by atoms with Crippen LogP contribution in [-0.2, 0) is 11.1 Å². The predicted octanol–water partition coefficient (Wildman–Crippen LogP) is 2.43. The Morgan fingerprint density at radius 1 is 1.19 bits per heavy atom. The monoisotopic (exact) mass is 300 g/mol. The third-order valence-corrected chi connectivity index (χ3v) is 5.28. The molecule has 0 aliphatic carbocycles. The zero-order valence-electron chi connectivity index (χ0n) is 11.9. The third-order valence-electron chi connectivity index (χ3n) is 3.39. The molecule has 0 fully saturated rings. The molecule has 0 saturated carbocycles. The largest absolute Gasteiger partial charge is 0.364 e. The van der Waals surface area contributed by atoms with Crippen molar-refractivity contribution in [3.8, 4) is 0 Å². The van der Waals surface area contributed by atoms with Crippen molar-refractivity contribution in [3.63, 3.8) is 0 Å². The molecular weight excluding hydrogens is 282 g/mol. The summed E-state index contributed by atoms with van der Waals surface area (Å²) in [5, 5.41) is 0. The number of hydrogen-bond donors (Lipinski definition) is 2. The van der Waals surface area contributed by atoms with Gasteiger partial charge in [-0.2, -0.15) is 0 Å². The molecule has 2 aromatic rings. The Bertz CT molecular complexity index is 660. The van der Waals surface area contributed by atoms with Gasteiger partial charge in [0.1, 0.15) is 5.69 Å². The van der Waals surface area contributed by atoms with Gasteiger partial charge in [-0.3, -0.25) is 4.90 Å². The molecule has 0 aromatic heterocycles. The Labute approximate surface area is 127 Å². The van der Waals surface area contributed by atoms with Gasteiger partial charge >= 0.3 is 6.03 Å². The van der Waals surface area contributed by atoms with Crippen LogP contribution in [0, 0.1) is 6.92 Å². The van der Waals surface area contributed by atoms with E-state index in [0.717, 1.165) is 15.5 Å². The van der Waals surface area contributed by atoms with E-state index in [1.165, 1.54) is 5.56 Å². The second-order valence-electron chi connectivity index (χ2n) is 4.94. The van der Waals surface area contributed by atoms with Crippen LogP contribution in [0.15, 0.2) is 58.3 Å². The molecule has 0 radical (unpaired) electrons. The molecule has 3 rings (SSSR count). The van der Waals surface area contributed by atoms with Crippen molar-refractivity contribution in [2.24, 2.45) is 5.73 Å². The lowest BCUT2D eigenvalue weighted by Gasteiger charge is -2.28. The molecule has 21 heavy (non-hydrogen) atoms. The lowest BCUT2D eigenvalue weighted by molar-refractivity contribution is 0.251. The first-order valence-electron chi connectivity index (χ1n) is 6.89. The number of anilines is 1. The topological polar surface area (TPSA) is 58.4 Å². The number of carbonyl (C=O) groups excluding carboxylic acids is 1. The smallest absolute Gasteiger partial charge is 0.329 e. The van der Waals surface area contributed by atoms with Gasteiger partial charge in [0.05, 0.1) is 0 Å². The number of hydrogen-bond acceptors (Lipinski definition) is 2. The van der Waals surface area contributed by atoms with Crippen LogP contribution >= 0.6 is 0 Å². The quantitative estimate of drug-likeness (QED) is 0.855. The first-order valence-corrected chi connectivity index (χ1v) is 8.11. The molecular formula is C16H18N3OS+. The molecule has 0 bridgehead atoms. The Kier molecular flexibility index (Phi) is 3.86. The van der Waals surface area contributed by atoms with Crippen molar-refractivity contribution < 1.29 is 4.79 Å². The molecule has 1 atom stereocenters. The van der Waals surface area contributed by atoms with E-state index in [0.29, 0.717) is 13.1 Å². The summed E-state index contributed by atoms with van der Waals surface area (Å²) >= 11 is -0.430. The second-order valence-corrected chi connectivity index (χ2v) is 6.67. The van der Waals surface area contributed by atoms with Gasteiger partial charge in [-0.25, -0.2) is 4.79 Å². The van der Waals surface area contributed by atoms with E-state index in [4.69, 9.17) is 5.73 Å². The summed E-state index contributed by atoms with van der Waals surface area (Å²) in [5.41, 5.74) is 7.78. The first-order chi connectivity index (χ1) is 10.2. The minimum Gasteiger partial charge on any atom is -0.329 e. The number of aryl methyl sites for hydroxylation is 1. The minimum absolute atomic E-state index is 0.0796. The van der Waals surface area contributed by atoms with Gasteiger partial charge in [0.15, 0.2) is 16.0 Å². The number of rotatable bonds is 3. The van der Waals surface area contributed by atoms with Crippen molar-refractivity contribution in [1.82, 2.24) is 4.72 Å². The molecule has 5 heteroatoms. The number of fused-ring (bicyclic) bond motifs is 1. The van der Waals surface area contributed by atoms with Crippen LogP contribution in [-0.4, -0.2) is 19.1 Å². The van der Waals surface area contributed by atoms with E-state index in [9.17, 15) is 4.79 Å². The van der Waals surface area contributed by atoms with Crippen LogP contribution < -0.4 is 15.4 Å². The highest BCUT2D eigenvalue weighted by atomic mass is 32.2. The van der Waals surface area contributed by atoms with Crippen LogP contribution in [0.2, 0.25) is 0 Å². The molecule has 4 nitrogen and oxygen atoms in total. The molecule has 1 unspecified atom stereocenters. The van der Waals surface area contributed by atoms with Crippen LogP contribution in [0.1, 0.15) is 5.56 Å². The Morgan fingerprint density at radius 2 is 1.95 bits per heavy atom. The van der Waals surface area contributed by atoms with E-state index in [1.807, 2.05) is 42.5 Å². The summed E-state index contributed by atoms with van der Waals surface area (Å²) in [7, 11) is 0. The number of carbonyl (C=O) groups is 1. The molecule has 2 aromatic carbocycles. The van der Waals surface area contributed by atoms with Crippen molar-refractivity contribution in [2.45, 2.75) is 16.7 Å². The van der Waals surface area contributed by atoms with Gasteiger partial charge in [-0.05, 0) is 30.7 Å². The summed E-state index contributed by atoms with van der Waals surface area (Å²) < 4.78 is 3.11. The Balaban J connectivity index is 2.11. The lowest BCUT2D eigenvalue weighted by Crippen LogP contribution is -2.49. The number of urea groups is 1. The zero-order valence-corrected chi connectivity index (χ0v) is 12.7. The molecule has 0 saturated heterocycles. The standard InChI is InChI=1S/C16H17N3OS/c1-12-7-8-14-15(11-12)21(13-5-3-2-4-6-13)18-16(20)19(14)10-9-17/h2-8,11H,9-10,17H2,1H3/p+1. The van der Waals surface area contributed by atoms with E-state index >= 15 is 0 Å². The fraction of sp³-hybridized carbons (Fsp3) is 0.188. The van der Waals surface area contributed by atoms with Gasteiger partial charge in [0.25, 0.3) is 0 Å². The SMILES string of the molecule is Cc1ccc2c(c1)[S+](c1ccccc1)NC(=O)N2CCN. The zero-order chi connectivity index (χ0) is 14.8. The highest BCUT2D eigenvalue weighted by molar-refractivity contribution is 7.96. The predicted molar refractivity (Wildman–Crippen MR) is 86.5 cm³/mol. The average Bonchev–Trinajstić information content (AvgIpc) is 2.51. The fourth-order valence-corrected chi connectivity index (χ4v) is 4.30. The van der Waals surface area contributed by atoms with E-state index in [1.54, 1.807) is 4.90 Å². The van der Waals surface area contributed by atoms with Gasteiger partial charge < -0.3 is 5.73 Å². The molecule has 3 N–H and O–H groups in total. The number of nitrogens with two attached hydrogens (primary N) is 1. The third kappa shape index (κ3) is 2.62. The number of benzene rings is 2. The van der Waals surface area contributed by atoms with Gasteiger partial charge in [0.2, 0.25) is 4.90 Å². The van der Waals surface area contributed by atoms with Gasteiger partial charge in [0, 0.05) is 19.2 Å². The van der Waals surface area contributed by atoms with Gasteiger partial charge in [-0.15, -0.1) is 4.72 Å². The fourth-order valence-electron chi connectivity index (χ4n) is 2.41. The maximum atomic E-state index is 12.4. The number of nitrogens with zero attached hydrogens (tertiary/aromatic N) is 1. The maximum absolute atomic E-state index is 12.4. The number of amides is 2. The van der Waals surface area contributed by atoms with E-state index in [-0.39, 0.29) is 6.03 Å². The summed E-state index contributed by atoms with van der Waals surface area (Å²) in [4.78, 5) is 16.4. The van der Waals surface area contributed by atoms with Crippen molar-refractivity contribution >= 4 is 22.8 Å². The minimum atomic E-state index is -0.430. The van der Waals surface area contributed by atoms with E-state index < -0.39 is 11.1 Å². The van der Waals surface area contributed by atoms with Gasteiger partial charge in [-0.1, -0.05) is 24.3 Å². The van der Waals surface area contributed by atoms with Crippen molar-refractivity contribution in [1.29, 1.82) is 0 Å². The lowest BCUT2D eigenvalue weighted by atomic mass is 10.2. The van der Waals surface area contributed by atoms with Crippen LogP contribution in [0.3, 0.4) is 0 Å². The molecule has 1 heterocycles. The van der Waals surface area contributed by atoms with Crippen LogP contribution in [0.5, 0.6) is 0 Å². The van der Waals surface area contributed by atoms with Crippen molar-refractivity contribution in [3.05, 3.63) is 54.1 Å². The van der Waals surface area contributed by atoms with Crippen LogP contribution in [0.25, 0.3) is 0 Å². The molecule has 1 aliphatic heterocycles. The average molecular weight is 300 g/mol.